The molecule has 0 radical (unpaired) electrons. The third kappa shape index (κ3) is 5.77. The molecule has 2 aromatic carbocycles. The average molecular weight is 495 g/mol. The van der Waals surface area contributed by atoms with Gasteiger partial charge in [0.05, 0.1) is 23.9 Å². The SMILES string of the molecule is CCN(CC)C(CN[C@H]1CS(=O)(=O)C[C@@H]1S(=O)(=O)c1cc(C)ccc1OC)c1ccccc1. The molecule has 0 aliphatic carbocycles. The monoisotopic (exact) mass is 494 g/mol. The topological polar surface area (TPSA) is 92.8 Å². The standard InChI is InChI=1S/C24H34N2O5S2/c1-5-26(6-2)21(19-10-8-7-9-11-19)15-25-20-16-32(27,28)17-24(20)33(29,30)23-14-18(3)12-13-22(23)31-4/h7-14,20-21,24-25H,5-6,15-17H2,1-4H3/t20-,21?,24-/m0/s1. The Morgan fingerprint density at radius 2 is 1.76 bits per heavy atom. The zero-order chi connectivity index (χ0) is 24.2. The fourth-order valence-electron chi connectivity index (χ4n) is 4.54. The molecule has 1 fully saturated rings. The molecule has 3 rings (SSSR count). The largest absolute Gasteiger partial charge is 0.495 e. The second-order valence-electron chi connectivity index (χ2n) is 8.48. The number of likely N-dealkylation sites (N-methyl/N-ethyl adjacent to an activating group) is 1. The summed E-state index contributed by atoms with van der Waals surface area (Å²) in [4.78, 5) is 2.32. The van der Waals surface area contributed by atoms with Crippen molar-refractivity contribution in [1.29, 1.82) is 0 Å². The molecule has 1 aliphatic rings. The van der Waals surface area contributed by atoms with Gasteiger partial charge in [-0.05, 0) is 43.3 Å². The van der Waals surface area contributed by atoms with E-state index in [1.54, 1.807) is 25.1 Å². The Hall–Kier alpha value is -1.94. The highest BCUT2D eigenvalue weighted by Gasteiger charge is 2.46. The maximum absolute atomic E-state index is 13.6. The van der Waals surface area contributed by atoms with Gasteiger partial charge in [-0.1, -0.05) is 50.2 Å². The van der Waals surface area contributed by atoms with Gasteiger partial charge in [0.15, 0.2) is 19.7 Å². The van der Waals surface area contributed by atoms with E-state index >= 15 is 0 Å². The number of methoxy groups -OCH3 is 1. The molecule has 0 saturated carbocycles. The summed E-state index contributed by atoms with van der Waals surface area (Å²) < 4.78 is 57.7. The van der Waals surface area contributed by atoms with Crippen molar-refractivity contribution in [2.24, 2.45) is 0 Å². The number of hydrogen-bond acceptors (Lipinski definition) is 7. The summed E-state index contributed by atoms with van der Waals surface area (Å²) in [6.45, 7) is 8.05. The summed E-state index contributed by atoms with van der Waals surface area (Å²) in [5.41, 5.74) is 1.87. The van der Waals surface area contributed by atoms with Crippen LogP contribution < -0.4 is 10.1 Å². The van der Waals surface area contributed by atoms with Gasteiger partial charge in [0.2, 0.25) is 0 Å². The lowest BCUT2D eigenvalue weighted by atomic mass is 10.0. The van der Waals surface area contributed by atoms with E-state index in [1.807, 2.05) is 30.3 Å². The maximum atomic E-state index is 13.6. The fourth-order valence-corrected chi connectivity index (χ4v) is 9.50. The van der Waals surface area contributed by atoms with Crippen LogP contribution in [0.1, 0.15) is 31.0 Å². The number of nitrogens with one attached hydrogen (secondary N) is 1. The summed E-state index contributed by atoms with van der Waals surface area (Å²) in [6, 6.07) is 14.2. The van der Waals surface area contributed by atoms with Crippen LogP contribution in [0.15, 0.2) is 53.4 Å². The quantitative estimate of drug-likeness (QED) is 0.543. The molecule has 33 heavy (non-hydrogen) atoms. The molecule has 9 heteroatoms. The van der Waals surface area contributed by atoms with Gasteiger partial charge in [-0.2, -0.15) is 0 Å². The van der Waals surface area contributed by atoms with Crippen molar-refractivity contribution >= 4 is 19.7 Å². The van der Waals surface area contributed by atoms with Crippen LogP contribution >= 0.6 is 0 Å². The smallest absolute Gasteiger partial charge is 0.187 e. The number of ether oxygens (including phenoxy) is 1. The van der Waals surface area contributed by atoms with Crippen molar-refractivity contribution in [3.05, 3.63) is 59.7 Å². The van der Waals surface area contributed by atoms with E-state index in [0.29, 0.717) is 6.54 Å². The molecule has 1 unspecified atom stereocenters. The molecule has 1 N–H and O–H groups in total. The molecule has 7 nitrogen and oxygen atoms in total. The first-order valence-electron chi connectivity index (χ1n) is 11.2. The predicted molar refractivity (Wildman–Crippen MR) is 131 cm³/mol. The zero-order valence-corrected chi connectivity index (χ0v) is 21.3. The second-order valence-corrected chi connectivity index (χ2v) is 12.8. The molecule has 1 saturated heterocycles. The van der Waals surface area contributed by atoms with E-state index in [9.17, 15) is 16.8 Å². The first-order valence-corrected chi connectivity index (χ1v) is 14.6. The minimum Gasteiger partial charge on any atom is -0.495 e. The molecule has 182 valence electrons. The van der Waals surface area contributed by atoms with Crippen molar-refractivity contribution < 1.29 is 21.6 Å². The highest BCUT2D eigenvalue weighted by Crippen LogP contribution is 2.33. The predicted octanol–water partition coefficient (Wildman–Crippen LogP) is 2.62. The van der Waals surface area contributed by atoms with E-state index < -0.39 is 36.7 Å². The van der Waals surface area contributed by atoms with Crippen molar-refractivity contribution in [3.8, 4) is 5.75 Å². The van der Waals surface area contributed by atoms with Gasteiger partial charge < -0.3 is 10.1 Å². The number of hydrogen-bond donors (Lipinski definition) is 1. The molecule has 0 bridgehead atoms. The van der Waals surface area contributed by atoms with Gasteiger partial charge in [-0.3, -0.25) is 4.90 Å². The van der Waals surface area contributed by atoms with Crippen LogP contribution in [0.2, 0.25) is 0 Å². The lowest BCUT2D eigenvalue weighted by Gasteiger charge is -2.32. The number of sulfone groups is 2. The lowest BCUT2D eigenvalue weighted by molar-refractivity contribution is 0.209. The van der Waals surface area contributed by atoms with E-state index in [0.717, 1.165) is 24.2 Å². The Morgan fingerprint density at radius 3 is 2.36 bits per heavy atom. The highest BCUT2D eigenvalue weighted by molar-refractivity contribution is 7.96. The van der Waals surface area contributed by atoms with Crippen LogP contribution in [-0.2, 0) is 19.7 Å². The van der Waals surface area contributed by atoms with Crippen LogP contribution in [0.4, 0.5) is 0 Å². The summed E-state index contributed by atoms with van der Waals surface area (Å²) >= 11 is 0. The summed E-state index contributed by atoms with van der Waals surface area (Å²) in [7, 11) is -6.04. The van der Waals surface area contributed by atoms with Gasteiger partial charge in [0, 0.05) is 18.6 Å². The molecule has 3 atom stereocenters. The van der Waals surface area contributed by atoms with Gasteiger partial charge >= 0.3 is 0 Å². The molecule has 1 aliphatic heterocycles. The fraction of sp³-hybridized carbons (Fsp3) is 0.500. The molecular weight excluding hydrogens is 460 g/mol. The maximum Gasteiger partial charge on any atom is 0.187 e. The van der Waals surface area contributed by atoms with Crippen molar-refractivity contribution in [2.45, 2.75) is 43.0 Å². The molecule has 0 spiro atoms. The molecule has 1 heterocycles. The number of benzene rings is 2. The van der Waals surface area contributed by atoms with Crippen molar-refractivity contribution in [2.75, 3.05) is 38.2 Å². The van der Waals surface area contributed by atoms with E-state index in [-0.39, 0.29) is 22.4 Å². The number of aryl methyl sites for hydroxylation is 1. The Balaban J connectivity index is 1.92. The van der Waals surface area contributed by atoms with E-state index in [1.165, 1.54) is 7.11 Å². The van der Waals surface area contributed by atoms with Crippen LogP contribution in [0.3, 0.4) is 0 Å². The normalized spacial score (nSPS) is 21.2. The molecular formula is C24H34N2O5S2. The lowest BCUT2D eigenvalue weighted by Crippen LogP contribution is -2.47. The summed E-state index contributed by atoms with van der Waals surface area (Å²) in [5, 5.41) is 2.24. The van der Waals surface area contributed by atoms with Crippen LogP contribution in [0, 0.1) is 6.92 Å². The van der Waals surface area contributed by atoms with Gasteiger partial charge in [-0.25, -0.2) is 16.8 Å². The van der Waals surface area contributed by atoms with E-state index in [4.69, 9.17) is 4.74 Å². The van der Waals surface area contributed by atoms with Crippen molar-refractivity contribution in [3.63, 3.8) is 0 Å². The first kappa shape index (κ1) is 25.7. The van der Waals surface area contributed by atoms with Gasteiger partial charge in [-0.15, -0.1) is 0 Å². The third-order valence-electron chi connectivity index (χ3n) is 6.34. The van der Waals surface area contributed by atoms with Crippen LogP contribution in [-0.4, -0.2) is 71.3 Å². The third-order valence-corrected chi connectivity index (χ3v) is 10.5. The number of nitrogens with zero attached hydrogens (tertiary/aromatic N) is 1. The van der Waals surface area contributed by atoms with Crippen molar-refractivity contribution in [1.82, 2.24) is 10.2 Å². The second kappa shape index (κ2) is 10.5. The van der Waals surface area contributed by atoms with Gasteiger partial charge in [0.1, 0.15) is 10.6 Å². The Labute approximate surface area is 198 Å². The minimum absolute atomic E-state index is 0.00126. The molecule has 0 amide bonds. The molecule has 0 aromatic heterocycles. The van der Waals surface area contributed by atoms with Crippen LogP contribution in [0.5, 0.6) is 5.75 Å². The molecule has 2 aromatic rings. The van der Waals surface area contributed by atoms with Gasteiger partial charge in [0.25, 0.3) is 0 Å². The highest BCUT2D eigenvalue weighted by atomic mass is 32.2. The number of rotatable bonds is 10. The van der Waals surface area contributed by atoms with E-state index in [2.05, 4.69) is 24.1 Å². The Morgan fingerprint density at radius 1 is 1.09 bits per heavy atom. The summed E-state index contributed by atoms with van der Waals surface area (Å²) in [6.07, 6.45) is 0. The Kier molecular flexibility index (Phi) is 8.21. The minimum atomic E-state index is -3.95. The summed E-state index contributed by atoms with van der Waals surface area (Å²) in [5.74, 6) is -0.371. The zero-order valence-electron chi connectivity index (χ0n) is 19.7. The first-order chi connectivity index (χ1) is 15.6. The Bertz CT molecular complexity index is 1150. The average Bonchev–Trinajstić information content (AvgIpc) is 3.12. The van der Waals surface area contributed by atoms with Crippen LogP contribution in [0.25, 0.3) is 0 Å².